The summed E-state index contributed by atoms with van der Waals surface area (Å²) in [4.78, 5) is 13.8. The van der Waals surface area contributed by atoms with Gasteiger partial charge in [0.2, 0.25) is 0 Å². The normalized spacial score (nSPS) is 17.7. The molecule has 0 saturated heterocycles. The number of aryl methyl sites for hydroxylation is 1. The number of pyridine rings is 1. The van der Waals surface area contributed by atoms with Crippen molar-refractivity contribution in [3.05, 3.63) is 65.7 Å². The molecule has 0 radical (unpaired) electrons. The third-order valence-corrected chi connectivity index (χ3v) is 7.91. The van der Waals surface area contributed by atoms with Gasteiger partial charge in [0.25, 0.3) is 12.9 Å². The molecule has 0 saturated carbocycles. The van der Waals surface area contributed by atoms with Gasteiger partial charge in [-0.2, -0.15) is 5.10 Å². The van der Waals surface area contributed by atoms with E-state index < -0.39 is 18.9 Å². The number of rotatable bonds is 4. The number of alkyl halides is 4. The van der Waals surface area contributed by atoms with Crippen molar-refractivity contribution in [2.75, 3.05) is 5.32 Å². The Bertz CT molecular complexity index is 1830. The molecule has 7 rings (SSSR count). The Morgan fingerprint density at radius 1 is 1.11 bits per heavy atom. The molecule has 0 spiro atoms. The van der Waals surface area contributed by atoms with Crippen LogP contribution in [0.3, 0.4) is 0 Å². The van der Waals surface area contributed by atoms with Crippen molar-refractivity contribution in [2.45, 2.75) is 38.3 Å². The molecule has 1 aliphatic heterocycles. The zero-order chi connectivity index (χ0) is 26.1. The van der Waals surface area contributed by atoms with Crippen LogP contribution in [-0.4, -0.2) is 40.8 Å². The van der Waals surface area contributed by atoms with Crippen LogP contribution in [0.2, 0.25) is 0 Å². The summed E-state index contributed by atoms with van der Waals surface area (Å²) in [6.07, 6.45) is -2.14. The van der Waals surface area contributed by atoms with Gasteiger partial charge in [-0.25, -0.2) is 41.7 Å². The Kier molecular flexibility index (Phi) is 5.12. The van der Waals surface area contributed by atoms with Crippen LogP contribution in [0.1, 0.15) is 41.8 Å². The average Bonchev–Trinajstić information content (AvgIpc) is 3.62. The van der Waals surface area contributed by atoms with Gasteiger partial charge >= 0.3 is 0 Å². The molecular formula is C25H18F4N8S. The van der Waals surface area contributed by atoms with E-state index >= 15 is 0 Å². The first-order chi connectivity index (χ1) is 18.4. The first-order valence-electron chi connectivity index (χ1n) is 11.8. The van der Waals surface area contributed by atoms with E-state index in [-0.39, 0.29) is 24.0 Å². The third-order valence-electron chi connectivity index (χ3n) is 6.84. The van der Waals surface area contributed by atoms with Crippen LogP contribution in [0.5, 0.6) is 0 Å². The molecule has 0 unspecified atom stereocenters. The molecule has 0 aliphatic carbocycles. The molecule has 0 fully saturated rings. The number of thiophene rings is 1. The number of anilines is 1. The Morgan fingerprint density at radius 2 is 1.92 bits per heavy atom. The third kappa shape index (κ3) is 3.45. The Balaban J connectivity index is 1.37. The van der Waals surface area contributed by atoms with Gasteiger partial charge in [0, 0.05) is 5.39 Å². The lowest BCUT2D eigenvalue weighted by molar-refractivity contribution is 0.0659. The van der Waals surface area contributed by atoms with Crippen molar-refractivity contribution in [2.24, 2.45) is 0 Å². The summed E-state index contributed by atoms with van der Waals surface area (Å²) in [6.45, 7) is 1.75. The number of nitrogens with one attached hydrogen (secondary N) is 1. The maximum atomic E-state index is 14.1. The smallest absolute Gasteiger partial charge is 0.280 e. The molecule has 0 bridgehead atoms. The number of benzene rings is 1. The van der Waals surface area contributed by atoms with Crippen LogP contribution >= 0.6 is 11.3 Å². The standard InChI is InChI=1S/C25H18F4N8S/c1-11-7-15(20(26)27)33-25-17(11)18-19(38-25)24-34-22(35-36(24)10-30-18)13-9-31-37-16(21(28)29)8-14(32-23(13)37)12-5-3-2-4-6-12/h2-7,9-10,14,16,20-21,32H,8H2,1H3/t14-,16+/m0/s1. The fraction of sp³-hybridized carbons (Fsp3) is 0.240. The highest BCUT2D eigenvalue weighted by Crippen LogP contribution is 2.42. The van der Waals surface area contributed by atoms with E-state index in [2.05, 4.69) is 25.5 Å². The maximum absolute atomic E-state index is 14.1. The lowest BCUT2D eigenvalue weighted by Crippen LogP contribution is -2.31. The predicted octanol–water partition coefficient (Wildman–Crippen LogP) is 6.36. The van der Waals surface area contributed by atoms with Gasteiger partial charge in [-0.15, -0.1) is 16.4 Å². The highest BCUT2D eigenvalue weighted by Gasteiger charge is 2.36. The van der Waals surface area contributed by atoms with Gasteiger partial charge < -0.3 is 5.32 Å². The second-order valence-electron chi connectivity index (χ2n) is 9.17. The van der Waals surface area contributed by atoms with Crippen molar-refractivity contribution in [1.82, 2.24) is 34.3 Å². The topological polar surface area (TPSA) is 85.8 Å². The Morgan fingerprint density at radius 3 is 2.68 bits per heavy atom. The summed E-state index contributed by atoms with van der Waals surface area (Å²) < 4.78 is 58.2. The molecule has 2 atom stereocenters. The largest absolute Gasteiger partial charge is 0.363 e. The Hall–Kier alpha value is -4.13. The summed E-state index contributed by atoms with van der Waals surface area (Å²) in [7, 11) is 0. The second-order valence-corrected chi connectivity index (χ2v) is 10.2. The number of hydrogen-bond acceptors (Lipinski definition) is 7. The van der Waals surface area contributed by atoms with E-state index in [1.165, 1.54) is 39.1 Å². The van der Waals surface area contributed by atoms with Crippen LogP contribution in [0.15, 0.2) is 48.9 Å². The summed E-state index contributed by atoms with van der Waals surface area (Å²) in [5.41, 5.74) is 2.78. The van der Waals surface area contributed by atoms with E-state index in [9.17, 15) is 17.6 Å². The number of aromatic nitrogens is 7. The molecule has 1 N–H and O–H groups in total. The minimum atomic E-state index is -2.69. The van der Waals surface area contributed by atoms with Crippen molar-refractivity contribution < 1.29 is 17.6 Å². The highest BCUT2D eigenvalue weighted by molar-refractivity contribution is 7.26. The fourth-order valence-electron chi connectivity index (χ4n) is 5.06. The van der Waals surface area contributed by atoms with Crippen LogP contribution in [0, 0.1) is 6.92 Å². The van der Waals surface area contributed by atoms with Crippen LogP contribution in [0.25, 0.3) is 37.5 Å². The van der Waals surface area contributed by atoms with Gasteiger partial charge in [0.05, 0.1) is 23.3 Å². The summed E-state index contributed by atoms with van der Waals surface area (Å²) >= 11 is 1.21. The molecule has 192 valence electrons. The van der Waals surface area contributed by atoms with E-state index in [0.29, 0.717) is 43.0 Å². The highest BCUT2D eigenvalue weighted by atomic mass is 32.1. The van der Waals surface area contributed by atoms with Crippen molar-refractivity contribution in [3.8, 4) is 11.4 Å². The van der Waals surface area contributed by atoms with Crippen molar-refractivity contribution in [3.63, 3.8) is 0 Å². The van der Waals surface area contributed by atoms with Gasteiger partial charge in [-0.1, -0.05) is 30.3 Å². The lowest BCUT2D eigenvalue weighted by atomic mass is 9.97. The van der Waals surface area contributed by atoms with E-state index in [4.69, 9.17) is 4.98 Å². The quantitative estimate of drug-likeness (QED) is 0.263. The Labute approximate surface area is 216 Å². The van der Waals surface area contributed by atoms with Crippen molar-refractivity contribution >= 4 is 43.2 Å². The summed E-state index contributed by atoms with van der Waals surface area (Å²) in [6, 6.07) is 9.32. The first kappa shape index (κ1) is 23.0. The zero-order valence-corrected chi connectivity index (χ0v) is 20.5. The molecule has 6 heterocycles. The SMILES string of the molecule is Cc1cc(C(F)F)nc2sc3c(ncn4nc(-c5cnn6c5N[C@H](c5ccccc5)C[C@@H]6C(F)F)nc34)c12. The van der Waals surface area contributed by atoms with Crippen LogP contribution in [-0.2, 0) is 0 Å². The predicted molar refractivity (Wildman–Crippen MR) is 135 cm³/mol. The molecule has 1 aliphatic rings. The molecule has 5 aromatic heterocycles. The fourth-order valence-corrected chi connectivity index (χ4v) is 6.25. The van der Waals surface area contributed by atoms with Crippen molar-refractivity contribution in [1.29, 1.82) is 0 Å². The minimum absolute atomic E-state index is 0.174. The van der Waals surface area contributed by atoms with E-state index in [0.717, 1.165) is 5.56 Å². The van der Waals surface area contributed by atoms with Gasteiger partial charge in [-0.05, 0) is 30.5 Å². The summed E-state index contributed by atoms with van der Waals surface area (Å²) in [5, 5.41) is 12.9. The molecule has 13 heteroatoms. The van der Waals surface area contributed by atoms with E-state index in [1.807, 2.05) is 30.3 Å². The molecule has 1 aromatic carbocycles. The molecule has 8 nitrogen and oxygen atoms in total. The monoisotopic (exact) mass is 538 g/mol. The lowest BCUT2D eigenvalue weighted by Gasteiger charge is -2.32. The average molecular weight is 539 g/mol. The second kappa shape index (κ2) is 8.45. The van der Waals surface area contributed by atoms with Crippen LogP contribution < -0.4 is 5.32 Å². The van der Waals surface area contributed by atoms with E-state index in [1.54, 1.807) is 6.92 Å². The van der Waals surface area contributed by atoms with Gasteiger partial charge in [-0.3, -0.25) is 0 Å². The molecule has 38 heavy (non-hydrogen) atoms. The van der Waals surface area contributed by atoms with Gasteiger partial charge in [0.15, 0.2) is 11.5 Å². The number of fused-ring (bicyclic) bond motifs is 6. The number of hydrogen-bond donors (Lipinski definition) is 1. The number of nitrogens with zero attached hydrogens (tertiary/aromatic N) is 7. The minimum Gasteiger partial charge on any atom is -0.363 e. The first-order valence-corrected chi connectivity index (χ1v) is 12.6. The maximum Gasteiger partial charge on any atom is 0.280 e. The summed E-state index contributed by atoms with van der Waals surface area (Å²) in [5.74, 6) is 0.691. The molecule has 6 aromatic rings. The van der Waals surface area contributed by atoms with Gasteiger partial charge in [0.1, 0.15) is 33.4 Å². The molecule has 0 amide bonds. The number of halogens is 4. The zero-order valence-electron chi connectivity index (χ0n) is 19.7. The van der Waals surface area contributed by atoms with Crippen LogP contribution in [0.4, 0.5) is 23.4 Å². The molecular weight excluding hydrogens is 520 g/mol.